The van der Waals surface area contributed by atoms with Crippen molar-refractivity contribution in [3.05, 3.63) is 11.7 Å². The van der Waals surface area contributed by atoms with E-state index >= 15 is 0 Å². The van der Waals surface area contributed by atoms with E-state index in [1.807, 2.05) is 0 Å². The SMILES string of the molecule is C1CCC(c2noc(CCC3CCOC3)n2)CC1. The van der Waals surface area contributed by atoms with Crippen molar-refractivity contribution in [1.82, 2.24) is 10.1 Å². The molecule has 1 aromatic heterocycles. The molecule has 1 aliphatic heterocycles. The van der Waals surface area contributed by atoms with Crippen molar-refractivity contribution >= 4 is 0 Å². The number of aryl methyl sites for hydroxylation is 1. The van der Waals surface area contributed by atoms with Crippen LogP contribution in [0.25, 0.3) is 0 Å². The summed E-state index contributed by atoms with van der Waals surface area (Å²) in [5, 5.41) is 4.17. The molecule has 100 valence electrons. The van der Waals surface area contributed by atoms with E-state index in [0.717, 1.165) is 37.8 Å². The Morgan fingerprint density at radius 1 is 1.11 bits per heavy atom. The second-order valence-electron chi connectivity index (χ2n) is 5.65. The van der Waals surface area contributed by atoms with Gasteiger partial charge in [0.25, 0.3) is 0 Å². The van der Waals surface area contributed by atoms with Gasteiger partial charge in [0.15, 0.2) is 5.82 Å². The molecule has 2 heterocycles. The molecule has 1 aromatic rings. The van der Waals surface area contributed by atoms with Crippen LogP contribution < -0.4 is 0 Å². The standard InChI is InChI=1S/C14H22N2O2/c1-2-4-12(5-3-1)14-15-13(18-16-14)7-6-11-8-9-17-10-11/h11-12H,1-10H2. The van der Waals surface area contributed by atoms with Crippen LogP contribution in [-0.2, 0) is 11.2 Å². The average Bonchev–Trinajstić information content (AvgIpc) is 3.09. The topological polar surface area (TPSA) is 48.2 Å². The molecule has 1 saturated heterocycles. The third kappa shape index (κ3) is 2.91. The maximum absolute atomic E-state index is 5.38. The highest BCUT2D eigenvalue weighted by molar-refractivity contribution is 4.97. The predicted octanol–water partition coefficient (Wildman–Crippen LogP) is 3.09. The molecular formula is C14H22N2O2. The average molecular weight is 250 g/mol. The summed E-state index contributed by atoms with van der Waals surface area (Å²) < 4.78 is 10.8. The van der Waals surface area contributed by atoms with Gasteiger partial charge in [-0.05, 0) is 31.6 Å². The van der Waals surface area contributed by atoms with E-state index in [0.29, 0.717) is 11.8 Å². The molecule has 1 unspecified atom stereocenters. The van der Waals surface area contributed by atoms with Gasteiger partial charge >= 0.3 is 0 Å². The summed E-state index contributed by atoms with van der Waals surface area (Å²) in [4.78, 5) is 4.58. The van der Waals surface area contributed by atoms with Gasteiger partial charge in [-0.15, -0.1) is 0 Å². The number of ether oxygens (including phenoxy) is 1. The molecule has 0 aromatic carbocycles. The molecule has 1 saturated carbocycles. The first-order valence-corrected chi connectivity index (χ1v) is 7.32. The highest BCUT2D eigenvalue weighted by Gasteiger charge is 2.22. The number of hydrogen-bond donors (Lipinski definition) is 0. The van der Waals surface area contributed by atoms with E-state index in [2.05, 4.69) is 10.1 Å². The van der Waals surface area contributed by atoms with E-state index in [1.54, 1.807) is 0 Å². The summed E-state index contributed by atoms with van der Waals surface area (Å²) >= 11 is 0. The third-order valence-corrected chi connectivity index (χ3v) is 4.24. The van der Waals surface area contributed by atoms with Gasteiger partial charge in [-0.3, -0.25) is 0 Å². The Hall–Kier alpha value is -0.900. The van der Waals surface area contributed by atoms with Gasteiger partial charge in [-0.1, -0.05) is 24.4 Å². The maximum Gasteiger partial charge on any atom is 0.226 e. The van der Waals surface area contributed by atoms with Gasteiger partial charge in [0.2, 0.25) is 5.89 Å². The van der Waals surface area contributed by atoms with Crippen molar-refractivity contribution in [3.8, 4) is 0 Å². The number of nitrogens with zero attached hydrogens (tertiary/aromatic N) is 2. The minimum Gasteiger partial charge on any atom is -0.381 e. The van der Waals surface area contributed by atoms with Crippen LogP contribution in [0.3, 0.4) is 0 Å². The van der Waals surface area contributed by atoms with Crippen LogP contribution in [0, 0.1) is 5.92 Å². The first-order chi connectivity index (χ1) is 8.92. The van der Waals surface area contributed by atoms with Crippen molar-refractivity contribution in [1.29, 1.82) is 0 Å². The Morgan fingerprint density at radius 2 is 2.00 bits per heavy atom. The van der Waals surface area contributed by atoms with Crippen molar-refractivity contribution in [2.75, 3.05) is 13.2 Å². The minimum absolute atomic E-state index is 0.547. The lowest BCUT2D eigenvalue weighted by molar-refractivity contribution is 0.183. The quantitative estimate of drug-likeness (QED) is 0.824. The van der Waals surface area contributed by atoms with Gasteiger partial charge in [0.1, 0.15) is 0 Å². The van der Waals surface area contributed by atoms with Crippen LogP contribution in [-0.4, -0.2) is 23.4 Å². The zero-order valence-electron chi connectivity index (χ0n) is 10.9. The van der Waals surface area contributed by atoms with Gasteiger partial charge in [0.05, 0.1) is 0 Å². The highest BCUT2D eigenvalue weighted by atomic mass is 16.5. The third-order valence-electron chi connectivity index (χ3n) is 4.24. The molecule has 2 fully saturated rings. The lowest BCUT2D eigenvalue weighted by atomic mass is 9.89. The molecule has 4 nitrogen and oxygen atoms in total. The number of aromatic nitrogens is 2. The van der Waals surface area contributed by atoms with Gasteiger partial charge in [-0.2, -0.15) is 4.98 Å². The Morgan fingerprint density at radius 3 is 2.78 bits per heavy atom. The zero-order valence-corrected chi connectivity index (χ0v) is 10.9. The Kier molecular flexibility index (Phi) is 3.93. The summed E-state index contributed by atoms with van der Waals surface area (Å²) in [6.07, 6.45) is 9.67. The van der Waals surface area contributed by atoms with E-state index in [4.69, 9.17) is 9.26 Å². The second-order valence-corrected chi connectivity index (χ2v) is 5.65. The molecule has 4 heteroatoms. The van der Waals surface area contributed by atoms with Gasteiger partial charge in [-0.25, -0.2) is 0 Å². The van der Waals surface area contributed by atoms with E-state index in [9.17, 15) is 0 Å². The predicted molar refractivity (Wildman–Crippen MR) is 67.4 cm³/mol. The molecule has 0 amide bonds. The zero-order chi connectivity index (χ0) is 12.2. The molecule has 0 bridgehead atoms. The summed E-state index contributed by atoms with van der Waals surface area (Å²) in [6.45, 7) is 1.82. The molecule has 0 radical (unpaired) electrons. The molecule has 2 aliphatic rings. The summed E-state index contributed by atoms with van der Waals surface area (Å²) in [5.41, 5.74) is 0. The van der Waals surface area contributed by atoms with E-state index < -0.39 is 0 Å². The highest BCUT2D eigenvalue weighted by Crippen LogP contribution is 2.31. The van der Waals surface area contributed by atoms with Gasteiger partial charge < -0.3 is 9.26 Å². The largest absolute Gasteiger partial charge is 0.381 e. The molecular weight excluding hydrogens is 228 g/mol. The molecule has 1 aliphatic carbocycles. The van der Waals surface area contributed by atoms with E-state index in [1.165, 1.54) is 38.5 Å². The van der Waals surface area contributed by atoms with Gasteiger partial charge in [0, 0.05) is 25.6 Å². The summed E-state index contributed by atoms with van der Waals surface area (Å²) in [7, 11) is 0. The summed E-state index contributed by atoms with van der Waals surface area (Å²) in [6, 6.07) is 0. The molecule has 0 spiro atoms. The molecule has 1 atom stereocenters. The second kappa shape index (κ2) is 5.83. The van der Waals surface area contributed by atoms with E-state index in [-0.39, 0.29) is 0 Å². The fraction of sp³-hybridized carbons (Fsp3) is 0.857. The molecule has 18 heavy (non-hydrogen) atoms. The van der Waals surface area contributed by atoms with Crippen LogP contribution in [0.5, 0.6) is 0 Å². The normalized spacial score (nSPS) is 25.7. The van der Waals surface area contributed by atoms with Crippen LogP contribution >= 0.6 is 0 Å². The van der Waals surface area contributed by atoms with Crippen LogP contribution in [0.4, 0.5) is 0 Å². The van der Waals surface area contributed by atoms with Crippen LogP contribution in [0.15, 0.2) is 4.52 Å². The minimum atomic E-state index is 0.547. The first-order valence-electron chi connectivity index (χ1n) is 7.32. The number of hydrogen-bond acceptors (Lipinski definition) is 4. The van der Waals surface area contributed by atoms with Crippen LogP contribution in [0.1, 0.15) is 62.6 Å². The van der Waals surface area contributed by atoms with Crippen molar-refractivity contribution < 1.29 is 9.26 Å². The summed E-state index contributed by atoms with van der Waals surface area (Å²) in [5.74, 6) is 3.01. The Balaban J connectivity index is 1.52. The molecule has 0 N–H and O–H groups in total. The maximum atomic E-state index is 5.38. The lowest BCUT2D eigenvalue weighted by Crippen LogP contribution is -2.06. The first kappa shape index (κ1) is 12.2. The smallest absolute Gasteiger partial charge is 0.226 e. The van der Waals surface area contributed by atoms with Crippen molar-refractivity contribution in [2.24, 2.45) is 5.92 Å². The lowest BCUT2D eigenvalue weighted by Gasteiger charge is -2.17. The fourth-order valence-corrected chi connectivity index (χ4v) is 3.03. The Labute approximate surface area is 108 Å². The monoisotopic (exact) mass is 250 g/mol. The van der Waals surface area contributed by atoms with Crippen molar-refractivity contribution in [2.45, 2.75) is 57.3 Å². The van der Waals surface area contributed by atoms with Crippen LogP contribution in [0.2, 0.25) is 0 Å². The fourth-order valence-electron chi connectivity index (χ4n) is 3.03. The van der Waals surface area contributed by atoms with Crippen molar-refractivity contribution in [3.63, 3.8) is 0 Å². The molecule has 3 rings (SSSR count). The number of rotatable bonds is 4. The Bertz CT molecular complexity index is 366.